The number of carbonyl (C=O) groups excluding carboxylic acids is 1. The van der Waals surface area contributed by atoms with Gasteiger partial charge < -0.3 is 15.4 Å². The number of rotatable bonds is 3. The van der Waals surface area contributed by atoms with E-state index in [1.165, 1.54) is 17.2 Å². The highest BCUT2D eigenvalue weighted by Gasteiger charge is 2.36. The van der Waals surface area contributed by atoms with Gasteiger partial charge in [-0.15, -0.1) is 0 Å². The first kappa shape index (κ1) is 20.0. The molecule has 2 N–H and O–H groups in total. The predicted molar refractivity (Wildman–Crippen MR) is 109 cm³/mol. The Balaban J connectivity index is 1.52. The van der Waals surface area contributed by atoms with Crippen LogP contribution in [0, 0.1) is 0 Å². The quantitative estimate of drug-likeness (QED) is 0.522. The summed E-state index contributed by atoms with van der Waals surface area (Å²) < 4.78 is 46.3. The van der Waals surface area contributed by atoms with Crippen LogP contribution in [-0.4, -0.2) is 43.3 Å². The highest BCUT2D eigenvalue weighted by Crippen LogP contribution is 2.40. The van der Waals surface area contributed by atoms with E-state index in [-0.39, 0.29) is 24.0 Å². The smallest absolute Gasteiger partial charge is 0.416 e. The maximum atomic E-state index is 13.3. The van der Waals surface area contributed by atoms with E-state index in [0.29, 0.717) is 34.5 Å². The van der Waals surface area contributed by atoms with Crippen molar-refractivity contribution in [2.45, 2.75) is 19.1 Å². The topological polar surface area (TPSA) is 98.6 Å². The van der Waals surface area contributed by atoms with Gasteiger partial charge in [-0.3, -0.25) is 9.20 Å². The van der Waals surface area contributed by atoms with Crippen LogP contribution in [0.3, 0.4) is 0 Å². The third-order valence-electron chi connectivity index (χ3n) is 5.56. The number of pyridine rings is 1. The number of benzene rings is 1. The largest absolute Gasteiger partial charge is 0.491 e. The van der Waals surface area contributed by atoms with Crippen LogP contribution >= 0.6 is 0 Å². The van der Waals surface area contributed by atoms with E-state index in [1.807, 2.05) is 0 Å². The number of alkyl halides is 3. The molecule has 1 aliphatic rings. The van der Waals surface area contributed by atoms with Crippen molar-refractivity contribution < 1.29 is 22.7 Å². The number of fused-ring (bicyclic) bond motifs is 4. The molecule has 0 fully saturated rings. The molecule has 3 aromatic heterocycles. The van der Waals surface area contributed by atoms with E-state index in [4.69, 9.17) is 10.5 Å². The van der Waals surface area contributed by atoms with Crippen molar-refractivity contribution >= 4 is 28.3 Å². The third kappa shape index (κ3) is 3.08. The fourth-order valence-electron chi connectivity index (χ4n) is 3.98. The summed E-state index contributed by atoms with van der Waals surface area (Å²) in [5, 5.41) is 0. The number of ether oxygens (including phenoxy) is 1. The Morgan fingerprint density at radius 2 is 2.09 bits per heavy atom. The van der Waals surface area contributed by atoms with Crippen molar-refractivity contribution in [3.8, 4) is 5.75 Å². The molecular weight excluding hydrogens is 425 g/mol. The Labute approximate surface area is 179 Å². The fourth-order valence-corrected chi connectivity index (χ4v) is 3.98. The van der Waals surface area contributed by atoms with Gasteiger partial charge in [-0.05, 0) is 25.1 Å². The van der Waals surface area contributed by atoms with E-state index in [9.17, 15) is 18.0 Å². The summed E-state index contributed by atoms with van der Waals surface area (Å²) in [4.78, 5) is 27.5. The van der Waals surface area contributed by atoms with Gasteiger partial charge in [-0.1, -0.05) is 6.07 Å². The molecule has 4 aromatic rings. The Morgan fingerprint density at radius 1 is 1.28 bits per heavy atom. The minimum atomic E-state index is -4.47. The van der Waals surface area contributed by atoms with Gasteiger partial charge >= 0.3 is 6.18 Å². The molecular formula is C21H17F3N6O2. The third-order valence-corrected chi connectivity index (χ3v) is 5.56. The monoisotopic (exact) mass is 442 g/mol. The second-order valence-corrected chi connectivity index (χ2v) is 7.37. The molecule has 1 aromatic carbocycles. The lowest BCUT2D eigenvalue weighted by molar-refractivity contribution is -0.137. The molecule has 0 bridgehead atoms. The number of nitrogen functional groups attached to an aromatic ring is 1. The van der Waals surface area contributed by atoms with Crippen LogP contribution < -0.4 is 10.5 Å². The van der Waals surface area contributed by atoms with Crippen LogP contribution in [0.25, 0.3) is 16.6 Å². The molecule has 164 valence electrons. The van der Waals surface area contributed by atoms with Gasteiger partial charge in [0.15, 0.2) is 0 Å². The zero-order valence-electron chi connectivity index (χ0n) is 16.8. The van der Waals surface area contributed by atoms with Crippen LogP contribution in [0.5, 0.6) is 5.75 Å². The summed E-state index contributed by atoms with van der Waals surface area (Å²) in [6.07, 6.45) is 0.133. The first-order valence-corrected chi connectivity index (χ1v) is 9.80. The molecule has 11 heteroatoms. The average molecular weight is 442 g/mol. The highest BCUT2D eigenvalue weighted by molar-refractivity contribution is 5.96. The maximum Gasteiger partial charge on any atom is 0.416 e. The molecule has 5 rings (SSSR count). The number of hydrogen-bond acceptors (Lipinski definition) is 6. The lowest BCUT2D eigenvalue weighted by Crippen LogP contribution is -2.36. The summed E-state index contributed by atoms with van der Waals surface area (Å²) in [5.74, 6) is 0.0483. The van der Waals surface area contributed by atoms with Crippen molar-refractivity contribution in [2.24, 2.45) is 0 Å². The first-order chi connectivity index (χ1) is 15.3. The van der Waals surface area contributed by atoms with Crippen molar-refractivity contribution in [2.75, 3.05) is 18.9 Å². The van der Waals surface area contributed by atoms with Crippen LogP contribution in [0.2, 0.25) is 0 Å². The summed E-state index contributed by atoms with van der Waals surface area (Å²) >= 11 is 0. The maximum absolute atomic E-state index is 13.3. The molecule has 0 radical (unpaired) electrons. The molecule has 0 saturated heterocycles. The number of amides is 1. The van der Waals surface area contributed by atoms with Crippen LogP contribution in [0.15, 0.2) is 43.0 Å². The Morgan fingerprint density at radius 3 is 2.84 bits per heavy atom. The number of likely N-dealkylation sites (N-methyl/N-ethyl adjacent to an activating group) is 1. The second-order valence-electron chi connectivity index (χ2n) is 7.37. The van der Waals surface area contributed by atoms with E-state index in [2.05, 4.69) is 15.0 Å². The van der Waals surface area contributed by atoms with Gasteiger partial charge in [0.2, 0.25) is 0 Å². The number of nitrogens with zero attached hydrogens (tertiary/aromatic N) is 5. The lowest BCUT2D eigenvalue weighted by atomic mass is 10.0. The van der Waals surface area contributed by atoms with Crippen molar-refractivity contribution in [1.29, 1.82) is 0 Å². The molecule has 1 amide bonds. The average Bonchev–Trinajstić information content (AvgIpc) is 3.41. The van der Waals surface area contributed by atoms with Gasteiger partial charge in [-0.25, -0.2) is 15.0 Å². The van der Waals surface area contributed by atoms with Gasteiger partial charge in [0, 0.05) is 12.1 Å². The summed E-state index contributed by atoms with van der Waals surface area (Å²) in [6, 6.07) is 4.40. The van der Waals surface area contributed by atoms with Crippen LogP contribution in [0.1, 0.15) is 34.6 Å². The molecule has 1 atom stereocenters. The molecule has 4 heterocycles. The molecule has 8 nitrogen and oxygen atoms in total. The number of imidazole rings is 1. The van der Waals surface area contributed by atoms with Gasteiger partial charge in [-0.2, -0.15) is 13.2 Å². The number of carbonyl (C=O) groups is 1. The van der Waals surface area contributed by atoms with Crippen molar-refractivity contribution in [3.63, 3.8) is 0 Å². The summed E-state index contributed by atoms with van der Waals surface area (Å²) in [7, 11) is 0. The van der Waals surface area contributed by atoms with Crippen LogP contribution in [0.4, 0.5) is 19.0 Å². The molecule has 0 aliphatic carbocycles. The van der Waals surface area contributed by atoms with E-state index in [0.717, 1.165) is 12.1 Å². The highest BCUT2D eigenvalue weighted by atomic mass is 19.4. The second kappa shape index (κ2) is 7.08. The van der Waals surface area contributed by atoms with Gasteiger partial charge in [0.25, 0.3) is 5.91 Å². The predicted octanol–water partition coefficient (Wildman–Crippen LogP) is 3.47. The zero-order chi connectivity index (χ0) is 22.6. The zero-order valence-corrected chi connectivity index (χ0v) is 16.8. The minimum absolute atomic E-state index is 0.0632. The van der Waals surface area contributed by atoms with Gasteiger partial charge in [0.05, 0.1) is 35.8 Å². The number of aromatic nitrogens is 4. The van der Waals surface area contributed by atoms with Crippen molar-refractivity contribution in [1.82, 2.24) is 24.3 Å². The Hall–Kier alpha value is -3.89. The van der Waals surface area contributed by atoms with E-state index in [1.54, 1.807) is 29.9 Å². The van der Waals surface area contributed by atoms with E-state index >= 15 is 0 Å². The molecule has 0 saturated carbocycles. The number of nitrogens with two attached hydrogens (primary N) is 1. The molecule has 0 unspecified atom stereocenters. The molecule has 32 heavy (non-hydrogen) atoms. The standard InChI is InChI=1S/C21H17F3N6O2/c1-2-29(17-9-32-18-5-11(21(22,23)24)3-4-12(17)18)20(31)13-6-15-14(7-27-13)28-19(25)16-8-26-10-30(15)16/h3-8,10,17H,2,9H2,1H3,(H2,25,28)/t17-/m1/s1. The summed E-state index contributed by atoms with van der Waals surface area (Å²) in [5.41, 5.74) is 7.56. The molecule has 1 aliphatic heterocycles. The SMILES string of the molecule is CCN(C(=O)c1cc2c(cn1)nc(N)c1cncn12)[C@@H]1COc2cc(C(F)(F)F)ccc21. The normalized spacial score (nSPS) is 15.7. The summed E-state index contributed by atoms with van der Waals surface area (Å²) in [6.45, 7) is 2.17. The molecule has 0 spiro atoms. The minimum Gasteiger partial charge on any atom is -0.491 e. The number of halogens is 3. The first-order valence-electron chi connectivity index (χ1n) is 9.80. The Bertz CT molecular complexity index is 1370. The number of hydrogen-bond donors (Lipinski definition) is 1. The Kier molecular flexibility index (Phi) is 4.43. The fraction of sp³-hybridized carbons (Fsp3) is 0.238. The van der Waals surface area contributed by atoms with E-state index < -0.39 is 17.8 Å². The lowest BCUT2D eigenvalue weighted by Gasteiger charge is -2.26. The van der Waals surface area contributed by atoms with Crippen LogP contribution in [-0.2, 0) is 6.18 Å². The van der Waals surface area contributed by atoms with Gasteiger partial charge in [0.1, 0.15) is 34.9 Å². The number of anilines is 1. The van der Waals surface area contributed by atoms with Crippen molar-refractivity contribution in [3.05, 3.63) is 59.8 Å².